The van der Waals surface area contributed by atoms with Gasteiger partial charge in [-0.2, -0.15) is 4.39 Å². The summed E-state index contributed by atoms with van der Waals surface area (Å²) in [7, 11) is 0. The Morgan fingerprint density at radius 1 is 1.00 bits per heavy atom. The van der Waals surface area contributed by atoms with Crippen molar-refractivity contribution in [2.24, 2.45) is 0 Å². The smallest absolute Gasteiger partial charge is 0.255 e. The van der Waals surface area contributed by atoms with Crippen LogP contribution < -0.4 is 5.56 Å². The first-order valence-corrected chi connectivity index (χ1v) is 5.58. The zero-order valence-electron chi connectivity index (χ0n) is 9.68. The van der Waals surface area contributed by atoms with Gasteiger partial charge in [0.15, 0.2) is 0 Å². The van der Waals surface area contributed by atoms with Gasteiger partial charge in [-0.3, -0.25) is 9.36 Å². The molecule has 0 bridgehead atoms. The van der Waals surface area contributed by atoms with Crippen molar-refractivity contribution in [3.8, 4) is 5.69 Å². The molecule has 0 unspecified atom stereocenters. The van der Waals surface area contributed by atoms with E-state index in [1.807, 2.05) is 0 Å². The summed E-state index contributed by atoms with van der Waals surface area (Å²) in [4.78, 5) is 15.5. The minimum atomic E-state index is -0.636. The number of nitrogens with zero attached hydrogens (tertiary/aromatic N) is 2. The largest absolute Gasteiger partial charge is 0.275 e. The number of fused-ring (bicyclic) bond motifs is 1. The first kappa shape index (κ1) is 11.5. The Kier molecular flexibility index (Phi) is 2.59. The van der Waals surface area contributed by atoms with Gasteiger partial charge in [0.1, 0.15) is 5.82 Å². The summed E-state index contributed by atoms with van der Waals surface area (Å²) in [5.41, 5.74) is 0.481. The molecule has 3 nitrogen and oxygen atoms in total. The summed E-state index contributed by atoms with van der Waals surface area (Å²) < 4.78 is 27.5. The Hall–Kier alpha value is -2.56. The molecule has 0 N–H and O–H groups in total. The van der Waals surface area contributed by atoms with Gasteiger partial charge in [0, 0.05) is 6.07 Å². The average Bonchev–Trinajstić information content (AvgIpc) is 2.40. The van der Waals surface area contributed by atoms with Crippen molar-refractivity contribution >= 4 is 10.9 Å². The average molecular weight is 258 g/mol. The Labute approximate surface area is 106 Å². The van der Waals surface area contributed by atoms with Gasteiger partial charge >= 0.3 is 0 Å². The van der Waals surface area contributed by atoms with Gasteiger partial charge in [-0.25, -0.2) is 9.37 Å². The molecule has 19 heavy (non-hydrogen) atoms. The Bertz CT molecular complexity index is 810. The third-order valence-electron chi connectivity index (χ3n) is 2.83. The lowest BCUT2D eigenvalue weighted by molar-refractivity contribution is 0.583. The second-order valence-electron chi connectivity index (χ2n) is 4.05. The van der Waals surface area contributed by atoms with Crippen LogP contribution in [0.4, 0.5) is 8.78 Å². The molecule has 94 valence electrons. The molecule has 2 heterocycles. The van der Waals surface area contributed by atoms with Crippen molar-refractivity contribution in [2.75, 3.05) is 0 Å². The summed E-state index contributed by atoms with van der Waals surface area (Å²) in [5.74, 6) is -1.08. The molecular formula is C14H8F2N2O. The van der Waals surface area contributed by atoms with E-state index >= 15 is 0 Å². The molecule has 0 aliphatic rings. The third-order valence-corrected chi connectivity index (χ3v) is 2.83. The van der Waals surface area contributed by atoms with Gasteiger partial charge in [-0.05, 0) is 41.8 Å². The number of rotatable bonds is 1. The lowest BCUT2D eigenvalue weighted by atomic mass is 10.2. The topological polar surface area (TPSA) is 34.9 Å². The van der Waals surface area contributed by atoms with Crippen LogP contribution in [0.1, 0.15) is 0 Å². The SMILES string of the molecule is O=c1ccc2ccc(F)cc2n1-c1ccc(F)nc1. The fourth-order valence-electron chi connectivity index (χ4n) is 1.97. The highest BCUT2D eigenvalue weighted by atomic mass is 19.1. The molecule has 3 aromatic rings. The molecule has 0 fully saturated rings. The molecule has 1 aromatic carbocycles. The molecule has 0 saturated carbocycles. The van der Waals surface area contributed by atoms with Gasteiger partial charge in [-0.1, -0.05) is 0 Å². The maximum absolute atomic E-state index is 13.3. The van der Waals surface area contributed by atoms with E-state index in [1.54, 1.807) is 12.1 Å². The van der Waals surface area contributed by atoms with Crippen LogP contribution in [0.3, 0.4) is 0 Å². The highest BCUT2D eigenvalue weighted by Gasteiger charge is 2.07. The van der Waals surface area contributed by atoms with E-state index in [4.69, 9.17) is 0 Å². The standard InChI is InChI=1S/C14H8F2N2O/c15-10-3-1-9-2-6-14(19)18(12(9)7-10)11-4-5-13(16)17-8-11/h1-8H. The number of pyridine rings is 2. The zero-order valence-corrected chi connectivity index (χ0v) is 9.68. The Balaban J connectivity index is 2.38. The molecule has 5 heteroatoms. The molecule has 0 aliphatic carbocycles. The number of halogens is 2. The van der Waals surface area contributed by atoms with Crippen LogP contribution in [-0.2, 0) is 0 Å². The van der Waals surface area contributed by atoms with Gasteiger partial charge in [0.2, 0.25) is 5.95 Å². The zero-order chi connectivity index (χ0) is 13.4. The highest BCUT2D eigenvalue weighted by Crippen LogP contribution is 2.17. The van der Waals surface area contributed by atoms with Crippen LogP contribution in [0.5, 0.6) is 0 Å². The summed E-state index contributed by atoms with van der Waals surface area (Å²) in [6.07, 6.45) is 1.24. The van der Waals surface area contributed by atoms with E-state index in [-0.39, 0.29) is 5.56 Å². The van der Waals surface area contributed by atoms with Crippen LogP contribution in [0.15, 0.2) is 53.5 Å². The molecule has 0 radical (unpaired) electrons. The molecule has 3 rings (SSSR count). The Morgan fingerprint density at radius 2 is 1.79 bits per heavy atom. The van der Waals surface area contributed by atoms with E-state index in [0.29, 0.717) is 16.6 Å². The molecule has 2 aromatic heterocycles. The van der Waals surface area contributed by atoms with Crippen molar-refractivity contribution in [1.82, 2.24) is 9.55 Å². The van der Waals surface area contributed by atoms with Crippen LogP contribution in [0, 0.1) is 11.8 Å². The van der Waals surface area contributed by atoms with E-state index in [1.165, 1.54) is 35.0 Å². The summed E-state index contributed by atoms with van der Waals surface area (Å²) in [6.45, 7) is 0. The van der Waals surface area contributed by atoms with Crippen molar-refractivity contribution in [2.45, 2.75) is 0 Å². The number of hydrogen-bond donors (Lipinski definition) is 0. The van der Waals surface area contributed by atoms with Crippen molar-refractivity contribution in [1.29, 1.82) is 0 Å². The van der Waals surface area contributed by atoms with Gasteiger partial charge in [-0.15, -0.1) is 0 Å². The van der Waals surface area contributed by atoms with Gasteiger partial charge < -0.3 is 0 Å². The minimum Gasteiger partial charge on any atom is -0.275 e. The quantitative estimate of drug-likeness (QED) is 0.629. The fraction of sp³-hybridized carbons (Fsp3) is 0. The van der Waals surface area contributed by atoms with E-state index in [2.05, 4.69) is 4.98 Å². The molecule has 0 aliphatic heterocycles. The van der Waals surface area contributed by atoms with Crippen molar-refractivity contribution in [3.63, 3.8) is 0 Å². The molecular weight excluding hydrogens is 250 g/mol. The summed E-state index contributed by atoms with van der Waals surface area (Å²) >= 11 is 0. The third kappa shape index (κ3) is 1.99. The lowest BCUT2D eigenvalue weighted by Gasteiger charge is -2.09. The first-order chi connectivity index (χ1) is 9.15. The number of aromatic nitrogens is 2. The van der Waals surface area contributed by atoms with Crippen molar-refractivity contribution < 1.29 is 8.78 Å². The molecule has 0 amide bonds. The van der Waals surface area contributed by atoms with E-state index in [9.17, 15) is 13.6 Å². The van der Waals surface area contributed by atoms with Crippen LogP contribution >= 0.6 is 0 Å². The maximum Gasteiger partial charge on any atom is 0.255 e. The number of benzene rings is 1. The van der Waals surface area contributed by atoms with E-state index < -0.39 is 11.8 Å². The maximum atomic E-state index is 13.3. The fourth-order valence-corrected chi connectivity index (χ4v) is 1.97. The van der Waals surface area contributed by atoms with Crippen molar-refractivity contribution in [3.05, 3.63) is 70.8 Å². The molecule has 0 spiro atoms. The first-order valence-electron chi connectivity index (χ1n) is 5.58. The van der Waals surface area contributed by atoms with Gasteiger partial charge in [0.25, 0.3) is 5.56 Å². The highest BCUT2D eigenvalue weighted by molar-refractivity contribution is 5.80. The van der Waals surface area contributed by atoms with Crippen LogP contribution in [0.25, 0.3) is 16.6 Å². The second-order valence-corrected chi connectivity index (χ2v) is 4.05. The minimum absolute atomic E-state index is 0.327. The predicted octanol–water partition coefficient (Wildman–Crippen LogP) is 2.66. The monoisotopic (exact) mass is 258 g/mol. The van der Waals surface area contributed by atoms with E-state index in [0.717, 1.165) is 6.07 Å². The predicted molar refractivity (Wildman–Crippen MR) is 67.3 cm³/mol. The van der Waals surface area contributed by atoms with Crippen LogP contribution in [0.2, 0.25) is 0 Å². The number of hydrogen-bond acceptors (Lipinski definition) is 2. The summed E-state index contributed by atoms with van der Waals surface area (Å²) in [6, 6.07) is 9.74. The normalized spacial score (nSPS) is 10.8. The second kappa shape index (κ2) is 4.28. The van der Waals surface area contributed by atoms with Gasteiger partial charge in [0.05, 0.1) is 17.4 Å². The molecule has 0 atom stereocenters. The molecule has 0 saturated heterocycles. The Morgan fingerprint density at radius 3 is 2.53 bits per heavy atom. The lowest BCUT2D eigenvalue weighted by Crippen LogP contribution is -2.17. The van der Waals surface area contributed by atoms with Crippen LogP contribution in [-0.4, -0.2) is 9.55 Å². The summed E-state index contributed by atoms with van der Waals surface area (Å²) in [5, 5.41) is 0.713.